The third-order valence-corrected chi connectivity index (χ3v) is 3.53. The molecule has 0 bridgehead atoms. The van der Waals surface area contributed by atoms with Gasteiger partial charge in [0.15, 0.2) is 0 Å². The lowest BCUT2D eigenvalue weighted by molar-refractivity contribution is 0.728. The minimum Gasteiger partial charge on any atom is -0.373 e. The summed E-state index contributed by atoms with van der Waals surface area (Å²) in [5.74, 6) is 0.861. The quantitative estimate of drug-likeness (QED) is 0.873. The van der Waals surface area contributed by atoms with Crippen LogP contribution in [0.25, 0.3) is 0 Å². The Bertz CT molecular complexity index is 386. The number of anilines is 1. The van der Waals surface area contributed by atoms with E-state index in [1.807, 2.05) is 19.1 Å². The number of benzene rings is 1. The summed E-state index contributed by atoms with van der Waals surface area (Å²) in [4.78, 5) is 2.29. The molecular weight excluding hydrogens is 232 g/mol. The van der Waals surface area contributed by atoms with Crippen LogP contribution in [0.1, 0.15) is 25.3 Å². The fourth-order valence-corrected chi connectivity index (χ4v) is 2.62. The summed E-state index contributed by atoms with van der Waals surface area (Å²) < 4.78 is 0. The van der Waals surface area contributed by atoms with Gasteiger partial charge in [0, 0.05) is 19.6 Å². The average Bonchev–Trinajstić information content (AvgIpc) is 3.00. The van der Waals surface area contributed by atoms with Crippen molar-refractivity contribution in [3.8, 4) is 0 Å². The van der Waals surface area contributed by atoms with Gasteiger partial charge in [-0.05, 0) is 43.7 Å². The lowest BCUT2D eigenvalue weighted by Gasteiger charge is -2.24. The molecule has 0 aromatic heterocycles. The molecule has 0 spiro atoms. The van der Waals surface area contributed by atoms with Gasteiger partial charge in [-0.15, -0.1) is 0 Å². The molecule has 2 nitrogen and oxygen atoms in total. The topological polar surface area (TPSA) is 29.3 Å². The molecular formula is C14H21ClN2. The van der Waals surface area contributed by atoms with E-state index in [2.05, 4.69) is 18.0 Å². The molecule has 1 atom stereocenters. The molecule has 94 valence electrons. The first kappa shape index (κ1) is 12.7. The van der Waals surface area contributed by atoms with E-state index in [1.54, 1.807) is 0 Å². The molecule has 1 aliphatic rings. The molecule has 0 heterocycles. The van der Waals surface area contributed by atoms with E-state index in [1.165, 1.54) is 24.1 Å². The van der Waals surface area contributed by atoms with E-state index in [-0.39, 0.29) is 6.04 Å². The van der Waals surface area contributed by atoms with Gasteiger partial charge in [0.25, 0.3) is 0 Å². The molecule has 1 fully saturated rings. The van der Waals surface area contributed by atoms with Crippen LogP contribution >= 0.6 is 11.6 Å². The van der Waals surface area contributed by atoms with Gasteiger partial charge in [-0.1, -0.05) is 23.7 Å². The van der Waals surface area contributed by atoms with E-state index in [0.717, 1.165) is 23.9 Å². The molecule has 2 N–H and O–H groups in total. The highest BCUT2D eigenvalue weighted by Gasteiger charge is 2.24. The Labute approximate surface area is 109 Å². The van der Waals surface area contributed by atoms with Gasteiger partial charge < -0.3 is 10.6 Å². The molecule has 1 aromatic carbocycles. The van der Waals surface area contributed by atoms with Crippen molar-refractivity contribution in [1.82, 2.24) is 0 Å². The van der Waals surface area contributed by atoms with Crippen LogP contribution in [-0.2, 0) is 6.42 Å². The van der Waals surface area contributed by atoms with Gasteiger partial charge in [-0.2, -0.15) is 0 Å². The van der Waals surface area contributed by atoms with Crippen molar-refractivity contribution in [2.75, 3.05) is 18.5 Å². The molecule has 0 amide bonds. The van der Waals surface area contributed by atoms with Gasteiger partial charge >= 0.3 is 0 Å². The zero-order chi connectivity index (χ0) is 12.4. The zero-order valence-electron chi connectivity index (χ0n) is 10.6. The summed E-state index contributed by atoms with van der Waals surface area (Å²) >= 11 is 6.33. The monoisotopic (exact) mass is 252 g/mol. The predicted molar refractivity (Wildman–Crippen MR) is 74.8 cm³/mol. The lowest BCUT2D eigenvalue weighted by Crippen LogP contribution is -2.24. The summed E-state index contributed by atoms with van der Waals surface area (Å²) in [7, 11) is 2.13. The third kappa shape index (κ3) is 3.36. The molecule has 1 aliphatic carbocycles. The standard InChI is InChI=1S/C14H21ClN2/c1-10(16)8-12-4-3-5-13(15)14(12)17(2)9-11-6-7-11/h3-5,10-11H,6-9,16H2,1-2H3. The normalized spacial score (nSPS) is 16.9. The zero-order valence-corrected chi connectivity index (χ0v) is 11.4. The van der Waals surface area contributed by atoms with E-state index < -0.39 is 0 Å². The highest BCUT2D eigenvalue weighted by molar-refractivity contribution is 6.33. The van der Waals surface area contributed by atoms with E-state index >= 15 is 0 Å². The molecule has 0 aliphatic heterocycles. The number of rotatable bonds is 5. The fourth-order valence-electron chi connectivity index (χ4n) is 2.28. The fraction of sp³-hybridized carbons (Fsp3) is 0.571. The summed E-state index contributed by atoms with van der Waals surface area (Å²) in [5.41, 5.74) is 8.32. The number of hydrogen-bond donors (Lipinski definition) is 1. The first-order valence-electron chi connectivity index (χ1n) is 6.32. The second-order valence-corrected chi connectivity index (χ2v) is 5.66. The van der Waals surface area contributed by atoms with Crippen molar-refractivity contribution in [3.63, 3.8) is 0 Å². The molecule has 0 radical (unpaired) electrons. The molecule has 2 rings (SSSR count). The SMILES string of the molecule is CC(N)Cc1cccc(Cl)c1N(C)CC1CC1. The van der Waals surface area contributed by atoms with Crippen LogP contribution in [0.5, 0.6) is 0 Å². The van der Waals surface area contributed by atoms with Crippen molar-refractivity contribution in [2.45, 2.75) is 32.2 Å². The van der Waals surface area contributed by atoms with Crippen LogP contribution in [0.3, 0.4) is 0 Å². The van der Waals surface area contributed by atoms with E-state index in [4.69, 9.17) is 17.3 Å². The van der Waals surface area contributed by atoms with Gasteiger partial charge in [0.05, 0.1) is 10.7 Å². The van der Waals surface area contributed by atoms with E-state index in [0.29, 0.717) is 0 Å². The van der Waals surface area contributed by atoms with Crippen molar-refractivity contribution < 1.29 is 0 Å². The van der Waals surface area contributed by atoms with Gasteiger partial charge in [0.2, 0.25) is 0 Å². The Morgan fingerprint density at radius 1 is 1.47 bits per heavy atom. The Morgan fingerprint density at radius 3 is 2.76 bits per heavy atom. The van der Waals surface area contributed by atoms with Crippen LogP contribution in [-0.4, -0.2) is 19.6 Å². The Morgan fingerprint density at radius 2 is 2.18 bits per heavy atom. The molecule has 3 heteroatoms. The number of nitrogens with two attached hydrogens (primary N) is 1. The van der Waals surface area contributed by atoms with Gasteiger partial charge in [0.1, 0.15) is 0 Å². The summed E-state index contributed by atoms with van der Waals surface area (Å²) in [6.45, 7) is 3.14. The molecule has 1 aromatic rings. The highest BCUT2D eigenvalue weighted by atomic mass is 35.5. The van der Waals surface area contributed by atoms with Crippen LogP contribution < -0.4 is 10.6 Å². The number of hydrogen-bond acceptors (Lipinski definition) is 2. The minimum absolute atomic E-state index is 0.168. The second-order valence-electron chi connectivity index (χ2n) is 5.25. The van der Waals surface area contributed by atoms with Crippen molar-refractivity contribution in [1.29, 1.82) is 0 Å². The lowest BCUT2D eigenvalue weighted by atomic mass is 10.0. The third-order valence-electron chi connectivity index (χ3n) is 3.22. The van der Waals surface area contributed by atoms with Crippen molar-refractivity contribution >= 4 is 17.3 Å². The largest absolute Gasteiger partial charge is 0.373 e. The summed E-state index contributed by atoms with van der Waals surface area (Å²) in [5, 5.41) is 0.839. The van der Waals surface area contributed by atoms with Crippen LogP contribution in [0.2, 0.25) is 5.02 Å². The molecule has 1 saturated carbocycles. The smallest absolute Gasteiger partial charge is 0.0642 e. The summed E-state index contributed by atoms with van der Waals surface area (Å²) in [6.07, 6.45) is 3.60. The maximum atomic E-state index is 6.33. The maximum Gasteiger partial charge on any atom is 0.0642 e. The number of para-hydroxylation sites is 1. The Hall–Kier alpha value is -0.730. The Kier molecular flexibility index (Phi) is 3.95. The van der Waals surface area contributed by atoms with Crippen molar-refractivity contribution in [2.24, 2.45) is 11.7 Å². The predicted octanol–water partition coefficient (Wildman–Crippen LogP) is 3.08. The van der Waals surface area contributed by atoms with Crippen LogP contribution in [0, 0.1) is 5.92 Å². The van der Waals surface area contributed by atoms with Gasteiger partial charge in [-0.3, -0.25) is 0 Å². The van der Waals surface area contributed by atoms with Gasteiger partial charge in [-0.25, -0.2) is 0 Å². The number of halogens is 1. The molecule has 17 heavy (non-hydrogen) atoms. The highest BCUT2D eigenvalue weighted by Crippen LogP contribution is 2.35. The average molecular weight is 253 g/mol. The summed E-state index contributed by atoms with van der Waals surface area (Å²) in [6, 6.07) is 6.27. The minimum atomic E-state index is 0.168. The Balaban J connectivity index is 2.21. The first-order valence-corrected chi connectivity index (χ1v) is 6.70. The van der Waals surface area contributed by atoms with Crippen LogP contribution in [0.15, 0.2) is 18.2 Å². The van der Waals surface area contributed by atoms with E-state index in [9.17, 15) is 0 Å². The molecule has 1 unspecified atom stereocenters. The number of nitrogens with zero attached hydrogens (tertiary/aromatic N) is 1. The second kappa shape index (κ2) is 5.28. The molecule has 0 saturated heterocycles. The van der Waals surface area contributed by atoms with Crippen LogP contribution in [0.4, 0.5) is 5.69 Å². The van der Waals surface area contributed by atoms with Crippen molar-refractivity contribution in [3.05, 3.63) is 28.8 Å². The maximum absolute atomic E-state index is 6.33. The first-order chi connectivity index (χ1) is 8.08.